The molecule has 9 heteroatoms. The quantitative estimate of drug-likeness (QED) is 0.185. The number of benzene rings is 2. The largest absolute Gasteiger partial charge is 0.493 e. The van der Waals surface area contributed by atoms with E-state index in [1.807, 2.05) is 25.1 Å². The number of aryl methyl sites for hydroxylation is 1. The van der Waals surface area contributed by atoms with Crippen molar-refractivity contribution in [3.8, 4) is 5.75 Å². The number of nitrogens with zero attached hydrogens (tertiary/aromatic N) is 1. The predicted molar refractivity (Wildman–Crippen MR) is 132 cm³/mol. The minimum absolute atomic E-state index is 0. The summed E-state index contributed by atoms with van der Waals surface area (Å²) in [6.45, 7) is 3.69. The van der Waals surface area contributed by atoms with E-state index in [4.69, 9.17) is 9.47 Å². The first-order valence-corrected chi connectivity index (χ1v) is 9.73. The van der Waals surface area contributed by atoms with Crippen LogP contribution in [0.2, 0.25) is 0 Å². The van der Waals surface area contributed by atoms with Gasteiger partial charge in [0.15, 0.2) is 5.96 Å². The monoisotopic (exact) mass is 544 g/mol. The number of halogens is 2. The van der Waals surface area contributed by atoms with Crippen molar-refractivity contribution in [2.24, 2.45) is 4.99 Å². The Morgan fingerprint density at radius 1 is 1.13 bits per heavy atom. The summed E-state index contributed by atoms with van der Waals surface area (Å²) in [6, 6.07) is 11.7. The van der Waals surface area contributed by atoms with Crippen LogP contribution in [0.1, 0.15) is 17.5 Å². The van der Waals surface area contributed by atoms with Crippen LogP contribution in [-0.4, -0.2) is 45.8 Å². The lowest BCUT2D eigenvalue weighted by molar-refractivity contribution is -0.115. The van der Waals surface area contributed by atoms with Gasteiger partial charge in [0.2, 0.25) is 5.91 Å². The van der Waals surface area contributed by atoms with Gasteiger partial charge in [0, 0.05) is 45.0 Å². The summed E-state index contributed by atoms with van der Waals surface area (Å²) < 4.78 is 24.1. The molecule has 0 bridgehead atoms. The topological polar surface area (TPSA) is 84.0 Å². The number of carbonyl (C=O) groups is 1. The van der Waals surface area contributed by atoms with Crippen molar-refractivity contribution >= 4 is 41.5 Å². The first kappa shape index (κ1) is 26.6. The number of anilines is 1. The van der Waals surface area contributed by atoms with Gasteiger partial charge in [0.1, 0.15) is 11.6 Å². The molecule has 2 aromatic rings. The second-order valence-electron chi connectivity index (χ2n) is 6.64. The molecule has 31 heavy (non-hydrogen) atoms. The Hall–Kier alpha value is -2.40. The van der Waals surface area contributed by atoms with E-state index in [1.54, 1.807) is 20.2 Å². The maximum Gasteiger partial charge on any atom is 0.243 e. The van der Waals surface area contributed by atoms with E-state index >= 15 is 0 Å². The van der Waals surface area contributed by atoms with Crippen LogP contribution in [0, 0.1) is 12.7 Å². The van der Waals surface area contributed by atoms with E-state index in [2.05, 4.69) is 20.9 Å². The molecular formula is C22H30FIN4O3. The van der Waals surface area contributed by atoms with Crippen molar-refractivity contribution in [1.29, 1.82) is 0 Å². The Balaban J connectivity index is 0.00000480. The maximum atomic E-state index is 13.2. The van der Waals surface area contributed by atoms with Crippen molar-refractivity contribution in [3.63, 3.8) is 0 Å². The summed E-state index contributed by atoms with van der Waals surface area (Å²) in [4.78, 5) is 16.2. The molecular weight excluding hydrogens is 514 g/mol. The number of nitrogens with one attached hydrogen (secondary N) is 3. The molecule has 0 saturated heterocycles. The van der Waals surface area contributed by atoms with Gasteiger partial charge < -0.3 is 25.4 Å². The highest BCUT2D eigenvalue weighted by molar-refractivity contribution is 14.0. The summed E-state index contributed by atoms with van der Waals surface area (Å²) in [5.41, 5.74) is 2.49. The van der Waals surface area contributed by atoms with Gasteiger partial charge in [-0.2, -0.15) is 0 Å². The second kappa shape index (κ2) is 14.6. The number of carbonyl (C=O) groups excluding carboxylic acids is 1. The van der Waals surface area contributed by atoms with Crippen LogP contribution in [0.25, 0.3) is 0 Å². The van der Waals surface area contributed by atoms with Gasteiger partial charge in [-0.05, 0) is 36.8 Å². The average molecular weight is 544 g/mol. The third-order valence-corrected chi connectivity index (χ3v) is 4.17. The molecule has 2 rings (SSSR count). The Labute approximate surface area is 199 Å². The normalized spacial score (nSPS) is 10.8. The van der Waals surface area contributed by atoms with E-state index in [-0.39, 0.29) is 36.4 Å². The summed E-state index contributed by atoms with van der Waals surface area (Å²) in [7, 11) is 3.29. The number of hydrogen-bond donors (Lipinski definition) is 3. The summed E-state index contributed by atoms with van der Waals surface area (Å²) in [6.07, 6.45) is 0.807. The zero-order valence-electron chi connectivity index (χ0n) is 18.0. The molecule has 0 spiro atoms. The molecule has 0 saturated carbocycles. The number of rotatable bonds is 10. The molecule has 0 atom stereocenters. The predicted octanol–water partition coefficient (Wildman–Crippen LogP) is 3.47. The lowest BCUT2D eigenvalue weighted by Crippen LogP contribution is -2.41. The molecule has 0 heterocycles. The zero-order valence-corrected chi connectivity index (χ0v) is 20.4. The van der Waals surface area contributed by atoms with E-state index in [0.29, 0.717) is 31.4 Å². The molecule has 0 aliphatic rings. The van der Waals surface area contributed by atoms with Gasteiger partial charge >= 0.3 is 0 Å². The van der Waals surface area contributed by atoms with Gasteiger partial charge in [0.25, 0.3) is 0 Å². The highest BCUT2D eigenvalue weighted by atomic mass is 127. The summed E-state index contributed by atoms with van der Waals surface area (Å²) in [5, 5.41) is 8.74. The van der Waals surface area contributed by atoms with Crippen LogP contribution in [0.5, 0.6) is 5.75 Å². The second-order valence-corrected chi connectivity index (χ2v) is 6.64. The van der Waals surface area contributed by atoms with Crippen molar-refractivity contribution in [2.45, 2.75) is 19.9 Å². The SMILES string of the molecule is CN=C(NCC(=O)Nc1cccc(F)c1)NCc1ccc(C)cc1OCCCOC.I. The van der Waals surface area contributed by atoms with Crippen molar-refractivity contribution in [3.05, 3.63) is 59.4 Å². The Morgan fingerprint density at radius 3 is 2.65 bits per heavy atom. The first-order valence-electron chi connectivity index (χ1n) is 9.73. The fourth-order valence-corrected chi connectivity index (χ4v) is 2.66. The molecule has 7 nitrogen and oxygen atoms in total. The Morgan fingerprint density at radius 2 is 1.94 bits per heavy atom. The fourth-order valence-electron chi connectivity index (χ4n) is 2.66. The van der Waals surface area contributed by atoms with Gasteiger partial charge in [-0.25, -0.2) is 4.39 Å². The highest BCUT2D eigenvalue weighted by Gasteiger charge is 2.08. The fraction of sp³-hybridized carbons (Fsp3) is 0.364. The molecule has 0 aliphatic carbocycles. The molecule has 3 N–H and O–H groups in total. The molecule has 1 amide bonds. The minimum Gasteiger partial charge on any atom is -0.493 e. The minimum atomic E-state index is -0.406. The molecule has 0 aliphatic heterocycles. The van der Waals surface area contributed by atoms with Gasteiger partial charge in [-0.1, -0.05) is 18.2 Å². The van der Waals surface area contributed by atoms with Crippen LogP contribution in [-0.2, 0) is 16.1 Å². The number of hydrogen-bond acceptors (Lipinski definition) is 4. The molecule has 2 aromatic carbocycles. The van der Waals surface area contributed by atoms with E-state index in [1.165, 1.54) is 18.2 Å². The molecule has 0 radical (unpaired) electrons. The smallest absolute Gasteiger partial charge is 0.243 e. The maximum absolute atomic E-state index is 13.2. The molecule has 0 aromatic heterocycles. The zero-order chi connectivity index (χ0) is 21.8. The number of ether oxygens (including phenoxy) is 2. The lowest BCUT2D eigenvalue weighted by atomic mass is 10.1. The van der Waals surface area contributed by atoms with Gasteiger partial charge in [-0.3, -0.25) is 9.79 Å². The van der Waals surface area contributed by atoms with E-state index < -0.39 is 5.82 Å². The van der Waals surface area contributed by atoms with Gasteiger partial charge in [0.05, 0.1) is 13.2 Å². The number of methoxy groups -OCH3 is 1. The molecule has 170 valence electrons. The van der Waals surface area contributed by atoms with Crippen LogP contribution < -0.4 is 20.7 Å². The third-order valence-electron chi connectivity index (χ3n) is 4.17. The average Bonchev–Trinajstić information content (AvgIpc) is 2.72. The van der Waals surface area contributed by atoms with Crippen LogP contribution >= 0.6 is 24.0 Å². The lowest BCUT2D eigenvalue weighted by Gasteiger charge is -2.15. The third kappa shape index (κ3) is 9.97. The standard InChI is InChI=1S/C22H29FN4O3.HI/c1-16-8-9-17(20(12-16)30-11-5-10-29-3)14-25-22(24-2)26-15-21(28)27-19-7-4-6-18(23)13-19;/h4,6-9,12-13H,5,10-11,14-15H2,1-3H3,(H,27,28)(H2,24,25,26);1H. The van der Waals surface area contributed by atoms with Crippen molar-refractivity contribution in [2.75, 3.05) is 39.2 Å². The van der Waals surface area contributed by atoms with Crippen LogP contribution in [0.4, 0.5) is 10.1 Å². The number of guanidine groups is 1. The first-order chi connectivity index (χ1) is 14.5. The van der Waals surface area contributed by atoms with E-state index in [0.717, 1.165) is 23.3 Å². The van der Waals surface area contributed by atoms with E-state index in [9.17, 15) is 9.18 Å². The van der Waals surface area contributed by atoms with Gasteiger partial charge in [-0.15, -0.1) is 24.0 Å². The Kier molecular flexibility index (Phi) is 12.5. The molecule has 0 fully saturated rings. The Bertz CT molecular complexity index is 864. The molecule has 0 unspecified atom stereocenters. The van der Waals surface area contributed by atoms with Crippen LogP contribution in [0.15, 0.2) is 47.5 Å². The summed E-state index contributed by atoms with van der Waals surface area (Å²) >= 11 is 0. The van der Waals surface area contributed by atoms with Crippen molar-refractivity contribution < 1.29 is 18.7 Å². The van der Waals surface area contributed by atoms with Crippen molar-refractivity contribution in [1.82, 2.24) is 10.6 Å². The number of amides is 1. The van der Waals surface area contributed by atoms with Crippen LogP contribution in [0.3, 0.4) is 0 Å². The highest BCUT2D eigenvalue weighted by Crippen LogP contribution is 2.20. The number of aliphatic imine (C=N–C) groups is 1. The summed E-state index contributed by atoms with van der Waals surface area (Å²) in [5.74, 6) is 0.561.